The minimum Gasteiger partial charge on any atom is -0.312 e. The van der Waals surface area contributed by atoms with Gasteiger partial charge in [0.2, 0.25) is 0 Å². The predicted octanol–water partition coefficient (Wildman–Crippen LogP) is 5.24. The lowest BCUT2D eigenvalue weighted by molar-refractivity contribution is 0.226. The Bertz CT molecular complexity index is 1170. The molecule has 4 aromatic rings. The first-order valence-electron chi connectivity index (χ1n) is 10.2. The number of thiazole rings is 1. The van der Waals surface area contributed by atoms with Gasteiger partial charge in [-0.15, -0.1) is 12.4 Å². The van der Waals surface area contributed by atoms with Crippen molar-refractivity contribution in [2.24, 2.45) is 0 Å². The molecule has 0 aliphatic carbocycles. The van der Waals surface area contributed by atoms with Crippen LogP contribution < -0.4 is 4.87 Å². The number of H-pyrrole nitrogens is 1. The van der Waals surface area contributed by atoms with Gasteiger partial charge in [-0.25, -0.2) is 0 Å². The maximum Gasteiger partial charge on any atom is 0.305 e. The zero-order valence-corrected chi connectivity index (χ0v) is 19.5. The van der Waals surface area contributed by atoms with Gasteiger partial charge in [0.1, 0.15) is 0 Å². The van der Waals surface area contributed by atoms with E-state index in [1.54, 1.807) is 0 Å². The van der Waals surface area contributed by atoms with E-state index in [0.717, 1.165) is 42.0 Å². The summed E-state index contributed by atoms with van der Waals surface area (Å²) in [6.07, 6.45) is 0. The summed E-state index contributed by atoms with van der Waals surface area (Å²) in [4.78, 5) is 19.2. The van der Waals surface area contributed by atoms with Crippen molar-refractivity contribution >= 4 is 34.0 Å². The number of aromatic amines is 1. The van der Waals surface area contributed by atoms with Crippen molar-refractivity contribution in [3.63, 3.8) is 0 Å². The van der Waals surface area contributed by atoms with E-state index in [0.29, 0.717) is 0 Å². The molecule has 0 radical (unpaired) electrons. The average molecular weight is 454 g/mol. The lowest BCUT2D eigenvalue weighted by Gasteiger charge is -2.24. The molecule has 0 fully saturated rings. The Morgan fingerprint density at radius 2 is 1.52 bits per heavy atom. The molecule has 4 nitrogen and oxygen atoms in total. The van der Waals surface area contributed by atoms with Crippen LogP contribution in [-0.4, -0.2) is 42.0 Å². The van der Waals surface area contributed by atoms with E-state index in [1.807, 2.05) is 6.07 Å². The molecular formula is C25H28ClN3OS. The predicted molar refractivity (Wildman–Crippen MR) is 134 cm³/mol. The molecule has 0 saturated heterocycles. The summed E-state index contributed by atoms with van der Waals surface area (Å²) < 4.78 is 1.000. The second kappa shape index (κ2) is 10.7. The van der Waals surface area contributed by atoms with Crippen LogP contribution in [0.25, 0.3) is 21.3 Å². The highest BCUT2D eigenvalue weighted by molar-refractivity contribution is 7.16. The molecule has 0 amide bonds. The van der Waals surface area contributed by atoms with Crippen LogP contribution in [0.4, 0.5) is 0 Å². The molecule has 0 unspecified atom stereocenters. The highest BCUT2D eigenvalue weighted by Gasteiger charge is 2.10. The maximum absolute atomic E-state index is 11.6. The van der Waals surface area contributed by atoms with Gasteiger partial charge in [-0.2, -0.15) is 0 Å². The van der Waals surface area contributed by atoms with E-state index in [9.17, 15) is 4.79 Å². The molecule has 1 N–H and O–H groups in total. The molecule has 4 rings (SSSR count). The number of fused-ring (bicyclic) bond motifs is 1. The Kier molecular flexibility index (Phi) is 8.04. The molecule has 0 bridgehead atoms. The minimum absolute atomic E-state index is 0. The summed E-state index contributed by atoms with van der Waals surface area (Å²) >= 11 is 1.26. The number of likely N-dealkylation sites (N-methyl/N-ethyl adjacent to an activating group) is 1. The van der Waals surface area contributed by atoms with Crippen LogP contribution in [0.2, 0.25) is 0 Å². The van der Waals surface area contributed by atoms with Crippen LogP contribution in [0, 0.1) is 0 Å². The number of rotatable bonds is 8. The summed E-state index contributed by atoms with van der Waals surface area (Å²) in [5.74, 6) is 0. The quantitative estimate of drug-likeness (QED) is 0.396. The molecular weight excluding hydrogens is 426 g/mol. The molecule has 1 heterocycles. The highest BCUT2D eigenvalue weighted by atomic mass is 35.5. The fourth-order valence-corrected chi connectivity index (χ4v) is 4.41. The van der Waals surface area contributed by atoms with Gasteiger partial charge in [0.25, 0.3) is 0 Å². The largest absolute Gasteiger partial charge is 0.312 e. The van der Waals surface area contributed by atoms with Crippen molar-refractivity contribution in [1.82, 2.24) is 14.8 Å². The third-order valence-corrected chi connectivity index (χ3v) is 6.05. The molecule has 0 saturated carbocycles. The van der Waals surface area contributed by atoms with Crippen molar-refractivity contribution in [3.05, 3.63) is 93.6 Å². The minimum atomic E-state index is -0.00616. The van der Waals surface area contributed by atoms with Gasteiger partial charge in [-0.1, -0.05) is 65.9 Å². The topological polar surface area (TPSA) is 39.3 Å². The summed E-state index contributed by atoms with van der Waals surface area (Å²) in [6.45, 7) is 3.86. The number of halogens is 1. The van der Waals surface area contributed by atoms with Gasteiger partial charge >= 0.3 is 4.87 Å². The number of aromatic nitrogens is 1. The second-order valence-corrected chi connectivity index (χ2v) is 8.94. The van der Waals surface area contributed by atoms with Crippen LogP contribution in [0.5, 0.6) is 0 Å². The molecule has 0 aliphatic heterocycles. The van der Waals surface area contributed by atoms with Crippen molar-refractivity contribution in [2.45, 2.75) is 13.1 Å². The SMILES string of the molecule is CN(C)CCN(Cc1ccccc1)Cc1cccc(-c2ccc3[nH]c(=O)sc3c2)c1.Cl. The van der Waals surface area contributed by atoms with Gasteiger partial charge < -0.3 is 9.88 Å². The molecule has 1 aromatic heterocycles. The van der Waals surface area contributed by atoms with Crippen LogP contribution in [0.15, 0.2) is 77.6 Å². The van der Waals surface area contributed by atoms with Crippen LogP contribution >= 0.6 is 23.7 Å². The Hall–Kier alpha value is -2.44. The number of nitrogens with one attached hydrogen (secondary N) is 1. The Balaban J connectivity index is 0.00000272. The van der Waals surface area contributed by atoms with E-state index in [-0.39, 0.29) is 17.3 Å². The van der Waals surface area contributed by atoms with Crippen molar-refractivity contribution < 1.29 is 0 Å². The maximum atomic E-state index is 11.6. The van der Waals surface area contributed by atoms with Gasteiger partial charge in [0.15, 0.2) is 0 Å². The first-order chi connectivity index (χ1) is 14.6. The number of benzene rings is 3. The molecule has 31 heavy (non-hydrogen) atoms. The fraction of sp³-hybridized carbons (Fsp3) is 0.240. The second-order valence-electron chi connectivity index (χ2n) is 7.93. The number of nitrogens with zero attached hydrogens (tertiary/aromatic N) is 2. The van der Waals surface area contributed by atoms with Gasteiger partial charge in [0.05, 0.1) is 10.2 Å². The van der Waals surface area contributed by atoms with Crippen molar-refractivity contribution in [2.75, 3.05) is 27.2 Å². The average Bonchev–Trinajstić information content (AvgIpc) is 3.12. The van der Waals surface area contributed by atoms with Gasteiger partial charge in [-0.3, -0.25) is 9.69 Å². The monoisotopic (exact) mass is 453 g/mol. The molecule has 0 aliphatic rings. The van der Waals surface area contributed by atoms with Gasteiger partial charge in [0, 0.05) is 26.2 Å². The van der Waals surface area contributed by atoms with Crippen LogP contribution in [0.3, 0.4) is 0 Å². The van der Waals surface area contributed by atoms with Crippen LogP contribution in [0.1, 0.15) is 11.1 Å². The zero-order chi connectivity index (χ0) is 20.9. The summed E-state index contributed by atoms with van der Waals surface area (Å²) in [5, 5.41) is 0. The first kappa shape index (κ1) is 23.2. The molecule has 0 spiro atoms. The summed E-state index contributed by atoms with van der Waals surface area (Å²) in [6, 6.07) is 25.6. The third kappa shape index (κ3) is 6.28. The lowest BCUT2D eigenvalue weighted by Crippen LogP contribution is -2.31. The Morgan fingerprint density at radius 1 is 0.806 bits per heavy atom. The van der Waals surface area contributed by atoms with Crippen molar-refractivity contribution in [3.8, 4) is 11.1 Å². The van der Waals surface area contributed by atoms with E-state index in [1.165, 1.54) is 28.0 Å². The highest BCUT2D eigenvalue weighted by Crippen LogP contribution is 2.26. The van der Waals surface area contributed by atoms with Crippen molar-refractivity contribution in [1.29, 1.82) is 0 Å². The normalized spacial score (nSPS) is 11.2. The Labute approximate surface area is 193 Å². The standard InChI is InChI=1S/C25H27N3OS.ClH/c1-27(2)13-14-28(17-19-7-4-3-5-8-19)18-20-9-6-10-21(15-20)22-11-12-23-24(16-22)30-25(29)26-23;/h3-12,15-16H,13-14,17-18H2,1-2H3,(H,26,29);1H. The third-order valence-electron chi connectivity index (χ3n) is 5.20. The zero-order valence-electron chi connectivity index (χ0n) is 17.9. The van der Waals surface area contributed by atoms with E-state index in [4.69, 9.17) is 0 Å². The van der Waals surface area contributed by atoms with Crippen LogP contribution in [-0.2, 0) is 13.1 Å². The summed E-state index contributed by atoms with van der Waals surface area (Å²) in [7, 11) is 4.24. The molecule has 3 aromatic carbocycles. The van der Waals surface area contributed by atoms with Gasteiger partial charge in [-0.05, 0) is 54.5 Å². The van der Waals surface area contributed by atoms with E-state index >= 15 is 0 Å². The Morgan fingerprint density at radius 3 is 2.29 bits per heavy atom. The smallest absolute Gasteiger partial charge is 0.305 e. The molecule has 162 valence electrons. The fourth-order valence-electron chi connectivity index (χ4n) is 3.63. The lowest BCUT2D eigenvalue weighted by atomic mass is 10.0. The first-order valence-corrected chi connectivity index (χ1v) is 11.0. The van der Waals surface area contributed by atoms with E-state index in [2.05, 4.69) is 95.6 Å². The molecule has 0 atom stereocenters. The number of hydrogen-bond acceptors (Lipinski definition) is 4. The van der Waals surface area contributed by atoms with E-state index < -0.39 is 0 Å². The summed E-state index contributed by atoms with van der Waals surface area (Å²) in [5.41, 5.74) is 5.86. The number of hydrogen-bond donors (Lipinski definition) is 1. The molecule has 6 heteroatoms.